The maximum Gasteiger partial charge on any atom is 0.322 e. The number of carboxylic acid groups (broad SMARTS) is 1. The number of aliphatic carboxylic acids is 1. The van der Waals surface area contributed by atoms with Gasteiger partial charge >= 0.3 is 5.97 Å². The Labute approximate surface area is 165 Å². The van der Waals surface area contributed by atoms with Gasteiger partial charge < -0.3 is 15.7 Å². The van der Waals surface area contributed by atoms with Crippen molar-refractivity contribution in [2.75, 3.05) is 11.9 Å². The molecule has 2 unspecified atom stereocenters. The van der Waals surface area contributed by atoms with Crippen molar-refractivity contribution < 1.29 is 19.5 Å². The SMILES string of the molecule is CC12CC3CC(C)(C1)CC(C(=O)Nc1ccc(C(=O)NCC(=O)O)cc1)(C3)C2. The van der Waals surface area contributed by atoms with Crippen molar-refractivity contribution in [1.29, 1.82) is 0 Å². The third-order valence-electron chi connectivity index (χ3n) is 6.91. The fourth-order valence-electron chi connectivity index (χ4n) is 6.93. The maximum atomic E-state index is 13.3. The molecule has 1 aromatic rings. The van der Waals surface area contributed by atoms with E-state index in [0.717, 1.165) is 19.3 Å². The van der Waals surface area contributed by atoms with Gasteiger partial charge in [0.1, 0.15) is 6.54 Å². The zero-order valence-corrected chi connectivity index (χ0v) is 16.5. The fraction of sp³-hybridized carbons (Fsp3) is 0.591. The van der Waals surface area contributed by atoms with E-state index in [1.807, 2.05) is 0 Å². The van der Waals surface area contributed by atoms with Crippen LogP contribution in [0.3, 0.4) is 0 Å². The summed E-state index contributed by atoms with van der Waals surface area (Å²) < 4.78 is 0. The van der Waals surface area contributed by atoms with Gasteiger partial charge in [0.15, 0.2) is 0 Å². The number of carbonyl (C=O) groups excluding carboxylic acids is 2. The maximum absolute atomic E-state index is 13.3. The molecule has 4 saturated carbocycles. The summed E-state index contributed by atoms with van der Waals surface area (Å²) in [7, 11) is 0. The largest absolute Gasteiger partial charge is 0.480 e. The van der Waals surface area contributed by atoms with Crippen LogP contribution in [0.1, 0.15) is 62.7 Å². The number of amides is 2. The molecule has 150 valence electrons. The monoisotopic (exact) mass is 384 g/mol. The van der Waals surface area contributed by atoms with Gasteiger partial charge in [0, 0.05) is 11.3 Å². The second-order valence-electron chi connectivity index (χ2n) is 10.0. The van der Waals surface area contributed by atoms with E-state index < -0.39 is 18.4 Å². The highest BCUT2D eigenvalue weighted by Crippen LogP contribution is 2.69. The predicted octanol–water partition coefficient (Wildman–Crippen LogP) is 3.44. The third-order valence-corrected chi connectivity index (χ3v) is 6.91. The zero-order chi connectivity index (χ0) is 20.2. The van der Waals surface area contributed by atoms with Crippen LogP contribution in [0, 0.1) is 22.2 Å². The molecule has 28 heavy (non-hydrogen) atoms. The molecule has 4 fully saturated rings. The Morgan fingerprint density at radius 3 is 2.14 bits per heavy atom. The van der Waals surface area contributed by atoms with Crippen LogP contribution >= 0.6 is 0 Å². The highest BCUT2D eigenvalue weighted by molar-refractivity contribution is 5.98. The molecule has 0 spiro atoms. The molecular weight excluding hydrogens is 356 g/mol. The molecule has 0 aliphatic heterocycles. The van der Waals surface area contributed by atoms with Gasteiger partial charge in [0.2, 0.25) is 5.91 Å². The van der Waals surface area contributed by atoms with E-state index in [0.29, 0.717) is 17.2 Å². The number of carbonyl (C=O) groups is 3. The lowest BCUT2D eigenvalue weighted by molar-refractivity contribution is -0.165. The summed E-state index contributed by atoms with van der Waals surface area (Å²) >= 11 is 0. The van der Waals surface area contributed by atoms with Gasteiger partial charge in [-0.25, -0.2) is 0 Å². The molecule has 5 rings (SSSR count). The first kappa shape index (κ1) is 19.0. The zero-order valence-electron chi connectivity index (χ0n) is 16.5. The van der Waals surface area contributed by atoms with Gasteiger partial charge in [-0.1, -0.05) is 13.8 Å². The topological polar surface area (TPSA) is 95.5 Å². The smallest absolute Gasteiger partial charge is 0.322 e. The van der Waals surface area contributed by atoms with Crippen molar-refractivity contribution in [3.8, 4) is 0 Å². The fourth-order valence-corrected chi connectivity index (χ4v) is 6.93. The molecule has 6 nitrogen and oxygen atoms in total. The molecule has 4 bridgehead atoms. The Morgan fingerprint density at radius 1 is 1.00 bits per heavy atom. The molecule has 4 aliphatic rings. The number of rotatable bonds is 5. The third kappa shape index (κ3) is 3.40. The standard InChI is InChI=1S/C22H28N2O4/c1-20-7-14-8-21(2,11-20)13-22(9-14,12-20)19(28)24-16-5-3-15(4-6-16)18(27)23-10-17(25)26/h3-6,14H,7-13H2,1-2H3,(H,23,27)(H,24,28)(H,25,26). The van der Waals surface area contributed by atoms with Gasteiger partial charge in [-0.05, 0) is 79.5 Å². The number of nitrogens with one attached hydrogen (secondary N) is 2. The first-order chi connectivity index (χ1) is 13.1. The Hall–Kier alpha value is -2.37. The van der Waals surface area contributed by atoms with Crippen molar-refractivity contribution >= 4 is 23.5 Å². The number of benzene rings is 1. The van der Waals surface area contributed by atoms with E-state index in [2.05, 4.69) is 24.5 Å². The van der Waals surface area contributed by atoms with Crippen LogP contribution in [0.5, 0.6) is 0 Å². The highest BCUT2D eigenvalue weighted by atomic mass is 16.4. The second-order valence-corrected chi connectivity index (χ2v) is 10.0. The number of carboxylic acids is 1. The first-order valence-corrected chi connectivity index (χ1v) is 10.0. The van der Waals surface area contributed by atoms with E-state index in [4.69, 9.17) is 5.11 Å². The van der Waals surface area contributed by atoms with E-state index in [1.165, 1.54) is 19.3 Å². The minimum atomic E-state index is -1.09. The summed E-state index contributed by atoms with van der Waals surface area (Å²) in [5.74, 6) is -0.771. The summed E-state index contributed by atoms with van der Waals surface area (Å²) in [6.45, 7) is 4.28. The van der Waals surface area contributed by atoms with Crippen LogP contribution in [0.15, 0.2) is 24.3 Å². The molecule has 0 radical (unpaired) electrons. The Kier molecular flexibility index (Phi) is 4.28. The van der Waals surface area contributed by atoms with Crippen LogP contribution < -0.4 is 10.6 Å². The lowest BCUT2D eigenvalue weighted by Gasteiger charge is -2.64. The van der Waals surface area contributed by atoms with E-state index >= 15 is 0 Å². The lowest BCUT2D eigenvalue weighted by atomic mass is 9.40. The van der Waals surface area contributed by atoms with Crippen LogP contribution in [-0.2, 0) is 9.59 Å². The van der Waals surface area contributed by atoms with Gasteiger partial charge in [-0.3, -0.25) is 14.4 Å². The molecular formula is C22H28N2O4. The molecule has 2 atom stereocenters. The van der Waals surface area contributed by atoms with E-state index in [1.54, 1.807) is 24.3 Å². The minimum absolute atomic E-state index is 0.108. The van der Waals surface area contributed by atoms with Crippen molar-refractivity contribution in [2.45, 2.75) is 52.4 Å². The first-order valence-electron chi connectivity index (χ1n) is 10.0. The lowest BCUT2D eigenvalue weighted by Crippen LogP contribution is -2.58. The summed E-state index contributed by atoms with van der Waals surface area (Å²) in [6.07, 6.45) is 6.64. The Bertz CT molecular complexity index is 813. The van der Waals surface area contributed by atoms with Gasteiger partial charge in [0.05, 0.1) is 5.41 Å². The summed E-state index contributed by atoms with van der Waals surface area (Å²) in [5, 5.41) is 14.1. The normalized spacial score (nSPS) is 35.4. The quantitative estimate of drug-likeness (QED) is 0.725. The van der Waals surface area contributed by atoms with Crippen molar-refractivity contribution in [2.24, 2.45) is 22.2 Å². The summed E-state index contributed by atoms with van der Waals surface area (Å²) in [4.78, 5) is 35.8. The van der Waals surface area contributed by atoms with Crippen LogP contribution in [0.25, 0.3) is 0 Å². The molecule has 4 aliphatic carbocycles. The molecule has 1 aromatic carbocycles. The van der Waals surface area contributed by atoms with Crippen LogP contribution in [0.4, 0.5) is 5.69 Å². The molecule has 2 amide bonds. The average molecular weight is 384 g/mol. The molecule has 0 heterocycles. The van der Waals surface area contributed by atoms with Crippen molar-refractivity contribution in [3.05, 3.63) is 29.8 Å². The van der Waals surface area contributed by atoms with E-state index in [-0.39, 0.29) is 22.2 Å². The van der Waals surface area contributed by atoms with E-state index in [9.17, 15) is 14.4 Å². The van der Waals surface area contributed by atoms with Crippen molar-refractivity contribution in [3.63, 3.8) is 0 Å². The van der Waals surface area contributed by atoms with Gasteiger partial charge in [-0.2, -0.15) is 0 Å². The summed E-state index contributed by atoms with van der Waals surface area (Å²) in [6, 6.07) is 6.62. The predicted molar refractivity (Wildman–Crippen MR) is 105 cm³/mol. The highest BCUT2D eigenvalue weighted by Gasteiger charge is 2.62. The number of anilines is 1. The summed E-state index contributed by atoms with van der Waals surface area (Å²) in [5.41, 5.74) is 1.32. The molecule has 3 N–H and O–H groups in total. The number of hydrogen-bond donors (Lipinski definition) is 3. The molecule has 6 heteroatoms. The Morgan fingerprint density at radius 2 is 1.61 bits per heavy atom. The van der Waals surface area contributed by atoms with Gasteiger partial charge in [0.25, 0.3) is 5.91 Å². The average Bonchev–Trinajstić information content (AvgIpc) is 2.57. The van der Waals surface area contributed by atoms with Crippen LogP contribution in [0.2, 0.25) is 0 Å². The van der Waals surface area contributed by atoms with Crippen LogP contribution in [-0.4, -0.2) is 29.4 Å². The molecule has 0 aromatic heterocycles. The number of hydrogen-bond acceptors (Lipinski definition) is 3. The Balaban J connectivity index is 1.45. The van der Waals surface area contributed by atoms with Crippen molar-refractivity contribution in [1.82, 2.24) is 5.32 Å². The van der Waals surface area contributed by atoms with Gasteiger partial charge in [-0.15, -0.1) is 0 Å². The minimum Gasteiger partial charge on any atom is -0.480 e. The molecule has 0 saturated heterocycles. The second kappa shape index (κ2) is 6.33.